The average Bonchev–Trinajstić information content (AvgIpc) is 2.47. The number of pyridine rings is 1. The first-order chi connectivity index (χ1) is 9.74. The Hall–Kier alpha value is -2.63. The third kappa shape index (κ3) is 3.03. The minimum absolute atomic E-state index is 0.193. The first-order valence-corrected chi connectivity index (χ1v) is 6.04. The molecule has 0 aliphatic heterocycles. The standard InChI is InChI=1S/C13H13N5O2/c14-18-17-8-7-16-12(13(19)20)10-5-1-3-9-4-2-6-15-11(9)10/h1-6,12,16H,7-8H2,(H,19,20). The average molecular weight is 271 g/mol. The highest BCUT2D eigenvalue weighted by Gasteiger charge is 2.21. The van der Waals surface area contributed by atoms with Gasteiger partial charge >= 0.3 is 5.97 Å². The Morgan fingerprint density at radius 1 is 1.45 bits per heavy atom. The van der Waals surface area contributed by atoms with Crippen LogP contribution in [0.1, 0.15) is 11.6 Å². The summed E-state index contributed by atoms with van der Waals surface area (Å²) in [6.45, 7) is 0.475. The van der Waals surface area contributed by atoms with Crippen LogP contribution in [0.3, 0.4) is 0 Å². The van der Waals surface area contributed by atoms with Gasteiger partial charge in [-0.3, -0.25) is 9.78 Å². The summed E-state index contributed by atoms with van der Waals surface area (Å²) < 4.78 is 0. The number of carboxylic acid groups (broad SMARTS) is 1. The Bertz CT molecular complexity index is 661. The van der Waals surface area contributed by atoms with E-state index in [-0.39, 0.29) is 13.1 Å². The second-order valence-electron chi connectivity index (χ2n) is 4.10. The number of carboxylic acids is 1. The number of nitrogens with zero attached hydrogens (tertiary/aromatic N) is 4. The molecule has 0 aliphatic carbocycles. The van der Waals surface area contributed by atoms with Crippen LogP contribution in [-0.4, -0.2) is 29.1 Å². The number of aliphatic carboxylic acids is 1. The van der Waals surface area contributed by atoms with Gasteiger partial charge in [0.25, 0.3) is 0 Å². The van der Waals surface area contributed by atoms with Gasteiger partial charge in [-0.05, 0) is 11.6 Å². The van der Waals surface area contributed by atoms with E-state index in [2.05, 4.69) is 20.3 Å². The van der Waals surface area contributed by atoms with Crippen LogP contribution in [-0.2, 0) is 4.79 Å². The predicted molar refractivity (Wildman–Crippen MR) is 74.1 cm³/mol. The van der Waals surface area contributed by atoms with Crippen LogP contribution in [0.5, 0.6) is 0 Å². The van der Waals surface area contributed by atoms with Gasteiger partial charge in [0.2, 0.25) is 0 Å². The Balaban J connectivity index is 2.31. The lowest BCUT2D eigenvalue weighted by Gasteiger charge is -2.15. The minimum Gasteiger partial charge on any atom is -0.480 e. The zero-order valence-corrected chi connectivity index (χ0v) is 10.6. The monoisotopic (exact) mass is 271 g/mol. The van der Waals surface area contributed by atoms with Crippen molar-refractivity contribution in [1.29, 1.82) is 0 Å². The molecule has 20 heavy (non-hydrogen) atoms. The highest BCUT2D eigenvalue weighted by atomic mass is 16.4. The van der Waals surface area contributed by atoms with Gasteiger partial charge in [-0.15, -0.1) is 0 Å². The van der Waals surface area contributed by atoms with Crippen molar-refractivity contribution in [3.63, 3.8) is 0 Å². The van der Waals surface area contributed by atoms with E-state index in [1.54, 1.807) is 24.4 Å². The molecule has 2 rings (SSSR count). The van der Waals surface area contributed by atoms with Crippen molar-refractivity contribution in [3.8, 4) is 0 Å². The number of nitrogens with one attached hydrogen (secondary N) is 1. The highest BCUT2D eigenvalue weighted by molar-refractivity contribution is 5.87. The number of hydrogen-bond donors (Lipinski definition) is 2. The molecule has 0 bridgehead atoms. The van der Waals surface area contributed by atoms with E-state index < -0.39 is 12.0 Å². The molecule has 1 atom stereocenters. The van der Waals surface area contributed by atoms with E-state index in [0.29, 0.717) is 11.1 Å². The van der Waals surface area contributed by atoms with Crippen molar-refractivity contribution < 1.29 is 9.90 Å². The molecule has 1 aromatic heterocycles. The minimum atomic E-state index is -0.996. The number of benzene rings is 1. The maximum atomic E-state index is 11.4. The summed E-state index contributed by atoms with van der Waals surface area (Å²) in [5.41, 5.74) is 9.45. The normalized spacial score (nSPS) is 11.8. The van der Waals surface area contributed by atoms with Gasteiger partial charge in [-0.2, -0.15) is 0 Å². The van der Waals surface area contributed by atoms with E-state index in [1.165, 1.54) is 0 Å². The maximum Gasteiger partial charge on any atom is 0.325 e. The fraction of sp³-hybridized carbons (Fsp3) is 0.231. The van der Waals surface area contributed by atoms with Gasteiger partial charge < -0.3 is 10.4 Å². The molecule has 0 spiro atoms. The number of para-hydroxylation sites is 1. The molecular weight excluding hydrogens is 258 g/mol. The van der Waals surface area contributed by atoms with Crippen LogP contribution < -0.4 is 5.32 Å². The van der Waals surface area contributed by atoms with E-state index in [4.69, 9.17) is 5.53 Å². The van der Waals surface area contributed by atoms with Gasteiger partial charge in [0.05, 0.1) is 5.52 Å². The van der Waals surface area contributed by atoms with Crippen molar-refractivity contribution in [3.05, 3.63) is 52.5 Å². The predicted octanol–water partition coefficient (Wildman–Crippen LogP) is 2.26. The quantitative estimate of drug-likeness (QED) is 0.363. The molecule has 0 saturated carbocycles. The molecule has 0 radical (unpaired) electrons. The van der Waals surface area contributed by atoms with Crippen LogP contribution in [0.2, 0.25) is 0 Å². The smallest absolute Gasteiger partial charge is 0.325 e. The second kappa shape index (κ2) is 6.51. The zero-order chi connectivity index (χ0) is 14.4. The summed E-state index contributed by atoms with van der Waals surface area (Å²) in [5.74, 6) is -0.996. The lowest BCUT2D eigenvalue weighted by molar-refractivity contribution is -0.139. The summed E-state index contributed by atoms with van der Waals surface area (Å²) in [6, 6.07) is 8.20. The molecule has 0 fully saturated rings. The van der Waals surface area contributed by atoms with Crippen molar-refractivity contribution in [2.75, 3.05) is 13.1 Å². The zero-order valence-electron chi connectivity index (χ0n) is 10.6. The van der Waals surface area contributed by atoms with Crippen LogP contribution in [0.15, 0.2) is 41.6 Å². The van der Waals surface area contributed by atoms with E-state index >= 15 is 0 Å². The van der Waals surface area contributed by atoms with Crippen molar-refractivity contribution in [1.82, 2.24) is 10.3 Å². The molecule has 0 aliphatic rings. The molecule has 2 N–H and O–H groups in total. The summed E-state index contributed by atoms with van der Waals surface area (Å²) in [5, 5.41) is 16.5. The summed E-state index contributed by atoms with van der Waals surface area (Å²) in [4.78, 5) is 18.3. The lowest BCUT2D eigenvalue weighted by Crippen LogP contribution is -2.30. The highest BCUT2D eigenvalue weighted by Crippen LogP contribution is 2.22. The molecule has 1 unspecified atom stereocenters. The molecule has 1 heterocycles. The molecule has 0 amide bonds. The number of rotatable bonds is 6. The Kier molecular flexibility index (Phi) is 4.49. The van der Waals surface area contributed by atoms with Gasteiger partial charge in [-0.25, -0.2) is 0 Å². The Morgan fingerprint density at radius 3 is 3.00 bits per heavy atom. The summed E-state index contributed by atoms with van der Waals surface area (Å²) >= 11 is 0. The van der Waals surface area contributed by atoms with Gasteiger partial charge in [0.15, 0.2) is 0 Å². The van der Waals surface area contributed by atoms with E-state index in [1.807, 2.05) is 12.1 Å². The topological polar surface area (TPSA) is 111 Å². The summed E-state index contributed by atoms with van der Waals surface area (Å²) in [6.07, 6.45) is 1.63. The third-order valence-corrected chi connectivity index (χ3v) is 2.85. The fourth-order valence-electron chi connectivity index (χ4n) is 1.99. The number of aromatic nitrogens is 1. The van der Waals surface area contributed by atoms with Crippen LogP contribution in [0.4, 0.5) is 0 Å². The third-order valence-electron chi connectivity index (χ3n) is 2.85. The van der Waals surface area contributed by atoms with E-state index in [0.717, 1.165) is 5.39 Å². The number of hydrogen-bond acceptors (Lipinski definition) is 4. The SMILES string of the molecule is [N-]=[N+]=NCCNC(C(=O)O)c1cccc2cccnc12. The largest absolute Gasteiger partial charge is 0.480 e. The van der Waals surface area contributed by atoms with E-state index in [9.17, 15) is 9.90 Å². The van der Waals surface area contributed by atoms with Crippen molar-refractivity contribution in [2.24, 2.45) is 5.11 Å². The molecular formula is C13H13N5O2. The number of fused-ring (bicyclic) bond motifs is 1. The van der Waals surface area contributed by atoms with Gasteiger partial charge in [0, 0.05) is 35.1 Å². The first kappa shape index (κ1) is 13.8. The Morgan fingerprint density at radius 2 is 2.25 bits per heavy atom. The fourth-order valence-corrected chi connectivity index (χ4v) is 1.99. The number of carbonyl (C=O) groups is 1. The summed E-state index contributed by atoms with van der Waals surface area (Å²) in [7, 11) is 0. The second-order valence-corrected chi connectivity index (χ2v) is 4.10. The first-order valence-electron chi connectivity index (χ1n) is 6.04. The van der Waals surface area contributed by atoms with Crippen LogP contribution in [0, 0.1) is 0 Å². The maximum absolute atomic E-state index is 11.4. The molecule has 102 valence electrons. The molecule has 2 aromatic rings. The molecule has 0 saturated heterocycles. The van der Waals surface area contributed by atoms with Crippen molar-refractivity contribution in [2.45, 2.75) is 6.04 Å². The Labute approximate surface area is 114 Å². The van der Waals surface area contributed by atoms with Crippen molar-refractivity contribution >= 4 is 16.9 Å². The molecule has 7 heteroatoms. The van der Waals surface area contributed by atoms with Crippen LogP contribution in [0.25, 0.3) is 21.3 Å². The van der Waals surface area contributed by atoms with Crippen LogP contribution >= 0.6 is 0 Å². The van der Waals surface area contributed by atoms with Gasteiger partial charge in [-0.1, -0.05) is 29.4 Å². The molecule has 1 aromatic carbocycles. The molecule has 7 nitrogen and oxygen atoms in total. The lowest BCUT2D eigenvalue weighted by atomic mass is 10.0. The van der Waals surface area contributed by atoms with Gasteiger partial charge in [0.1, 0.15) is 6.04 Å². The number of azide groups is 1.